The summed E-state index contributed by atoms with van der Waals surface area (Å²) in [6, 6.07) is 0. The molecule has 0 radical (unpaired) electrons. The molecule has 2 aromatic heterocycles. The van der Waals surface area contributed by atoms with E-state index >= 15 is 0 Å². The molecule has 36 atom stereocenters. The minimum Gasteiger partial charge on any atom is -0.393 e. The second-order valence-corrected chi connectivity index (χ2v) is 44.1. The van der Waals surface area contributed by atoms with Gasteiger partial charge in [-0.15, -0.1) is 5.10 Å². The summed E-state index contributed by atoms with van der Waals surface area (Å²) in [5.74, 6) is 11.9. The Balaban J connectivity index is 0.000000152. The average Bonchev–Trinajstić information content (AvgIpc) is 1.42. The molecule has 20 nitrogen and oxygen atoms in total. The van der Waals surface area contributed by atoms with Crippen LogP contribution < -0.4 is 0 Å². The molecule has 16 saturated carbocycles. The first-order chi connectivity index (χ1) is 55.4. The SMILES string of the molecule is C.C.C.C.C1=NCN=C1.CO[C@H]1C[C@]2(C)[C@@H](C(=O)CBr)CC[C@H]2[C@@H]2CC[C@H]3C[C@H](O)CC[C@]3(C)[C@H]21.CO[C@H]1C[C@]2(C)[C@@H](C(=O)Cn3ccnn3)CC[C@H]2[C@@H]2CC[C@H]3C[C@H](O)CC[C@]3(C)[C@H]21.CO[C@H]1C[C@]2(C)[C@@H](C(=O)Cn3nccn3)CC[C@H]2[C@@H]2CC[C@H]3C[C@H](O)CC[C@]3(C)[C@H]21.CO[C@H]1C[C@]2(C)[C@@H](C(C)=O)CC[C@H]2[C@@H]2CC[C@H]3C[C@H](O)CC[C@]3(C)[C@H]21. The van der Waals surface area contributed by atoms with Crippen molar-refractivity contribution in [2.75, 3.05) is 40.4 Å². The Morgan fingerprint density at radius 2 is 0.692 bits per heavy atom. The fourth-order valence-corrected chi connectivity index (χ4v) is 34.3. The summed E-state index contributed by atoms with van der Waals surface area (Å²) < 4.78 is 26.4. The quantitative estimate of drug-likeness (QED) is 0.136. The first kappa shape index (κ1) is 97.1. The molecule has 0 aromatic carbocycles. The van der Waals surface area contributed by atoms with Crippen LogP contribution in [0.2, 0.25) is 0 Å². The number of aliphatic hydroxyl groups is 4. The minimum atomic E-state index is -0.126. The maximum atomic E-state index is 13.3. The molecule has 16 fully saturated rings. The van der Waals surface area contributed by atoms with Crippen LogP contribution in [0.5, 0.6) is 0 Å². The van der Waals surface area contributed by atoms with Crippen molar-refractivity contribution in [3.05, 3.63) is 24.8 Å². The number of halogens is 1. The van der Waals surface area contributed by atoms with E-state index < -0.39 is 0 Å². The number of Topliss-reactive ketones (excluding diaryl/α,β-unsaturated/α-hetero) is 4. The van der Waals surface area contributed by atoms with Crippen LogP contribution in [0, 0.1) is 162 Å². The summed E-state index contributed by atoms with van der Waals surface area (Å²) in [7, 11) is 7.51. The first-order valence-corrected chi connectivity index (χ1v) is 47.7. The molecule has 680 valence electrons. The lowest BCUT2D eigenvalue weighted by Crippen LogP contribution is -2.59. The Bertz CT molecular complexity index is 3650. The fraction of sp³-hybridized carbons (Fsp3) is 0.899. The lowest BCUT2D eigenvalue weighted by atomic mass is 9.43. The predicted molar refractivity (Wildman–Crippen MR) is 478 cm³/mol. The molecular formula is C99H165BrN8O12. The number of carbonyl (C=O) groups excluding carboxylic acids is 4. The van der Waals surface area contributed by atoms with Gasteiger partial charge < -0.3 is 39.4 Å². The van der Waals surface area contributed by atoms with Gasteiger partial charge >= 0.3 is 0 Å². The Hall–Kier alpha value is -3.54. The van der Waals surface area contributed by atoms with Crippen molar-refractivity contribution < 1.29 is 58.6 Å². The molecule has 19 rings (SSSR count). The van der Waals surface area contributed by atoms with Crippen molar-refractivity contribution in [3.63, 3.8) is 0 Å². The third-order valence-electron chi connectivity index (χ3n) is 39.2. The Labute approximate surface area is 732 Å². The van der Waals surface area contributed by atoms with Crippen molar-refractivity contribution in [2.24, 2.45) is 172 Å². The molecule has 17 aliphatic rings. The zero-order valence-corrected chi connectivity index (χ0v) is 74.7. The maximum Gasteiger partial charge on any atom is 0.159 e. The number of carbonyl (C=O) groups is 4. The van der Waals surface area contributed by atoms with Gasteiger partial charge in [0, 0.05) is 70.7 Å². The summed E-state index contributed by atoms with van der Waals surface area (Å²) in [6.07, 6.45) is 45.5. The van der Waals surface area contributed by atoms with Gasteiger partial charge in [-0.2, -0.15) is 15.0 Å². The molecule has 21 heteroatoms. The fourth-order valence-electron chi connectivity index (χ4n) is 33.9. The molecule has 0 amide bonds. The van der Waals surface area contributed by atoms with E-state index in [9.17, 15) is 39.6 Å². The van der Waals surface area contributed by atoms with Gasteiger partial charge in [0.2, 0.25) is 0 Å². The number of ketones is 4. The molecule has 0 spiro atoms. The van der Waals surface area contributed by atoms with Gasteiger partial charge in [0.25, 0.3) is 0 Å². The second-order valence-electron chi connectivity index (χ2n) is 43.6. The summed E-state index contributed by atoms with van der Waals surface area (Å²) in [6.45, 7) is 22.5. The van der Waals surface area contributed by atoms with Gasteiger partial charge in [-0.1, -0.05) is 106 Å². The van der Waals surface area contributed by atoms with Gasteiger partial charge in [-0.05, 0) is 350 Å². The minimum absolute atomic E-state index is 0. The van der Waals surface area contributed by atoms with E-state index in [4.69, 9.17) is 18.9 Å². The highest BCUT2D eigenvalue weighted by Gasteiger charge is 2.70. The number of hydrogen-bond acceptors (Lipinski definition) is 18. The van der Waals surface area contributed by atoms with E-state index in [0.29, 0.717) is 141 Å². The van der Waals surface area contributed by atoms with Gasteiger partial charge in [0.1, 0.15) is 31.3 Å². The molecule has 16 aliphatic carbocycles. The zero-order chi connectivity index (χ0) is 82.4. The highest BCUT2D eigenvalue weighted by molar-refractivity contribution is 9.09. The zero-order valence-electron chi connectivity index (χ0n) is 73.1. The van der Waals surface area contributed by atoms with Gasteiger partial charge in [0.05, 0.1) is 72.8 Å². The van der Waals surface area contributed by atoms with E-state index in [2.05, 4.69) is 102 Å². The number of ether oxygens (including phenoxy) is 4. The van der Waals surface area contributed by atoms with Crippen LogP contribution in [0.25, 0.3) is 0 Å². The number of hydrogen-bond donors (Lipinski definition) is 4. The predicted octanol–water partition coefficient (Wildman–Crippen LogP) is 18.4. The standard InChI is InChI=1S/2C24H37N3O3.C22H35BrO3.C22H36O3.C3H4N2.4CH4/c1-23-9-8-16(28)12-15(23)4-5-17-18-6-7-19(20(29)14-27-11-10-25-26-27)24(18,2)13-21(30-3)22(17)23;1-23-9-8-16(28)12-15(23)4-5-17-18-6-7-19(20(29)14-27-25-10-11-26-27)24(18,2)13-21(30-3)22(17)23;1-21-9-8-14(24)10-13(21)4-5-15-16-6-7-17(18(25)12-23)22(16,2)11-19(26-3)20(15)21;1-13(23)17-7-8-18-16-6-5-14-11-15(24)9-10-21(14,2)20(16)19(25-4)12-22(17,18)3;1-2-5-3-4-1;;;;/h2*10-11,15-19,21-22,28H,4-9,12-14H2,1-3H3;13-17,19-20,24H,4-12H2,1-3H3;14-20,24H,5-12H2,1-4H3;1-2H,3H2;4*1H4/t2*15-,16+,17-,18-,19+,21-,22+,23-,24-;13-,14+,15-,16-,17+,19-,20+,21-,22-;14-,15+,16-,17+,18-,19-,20+,21-,22+;;;;;/m0000...../s1. The van der Waals surface area contributed by atoms with Crippen LogP contribution in [0.1, 0.15) is 297 Å². The maximum absolute atomic E-state index is 13.3. The van der Waals surface area contributed by atoms with Crippen molar-refractivity contribution in [2.45, 2.75) is 359 Å². The molecule has 0 saturated heterocycles. The van der Waals surface area contributed by atoms with Crippen LogP contribution in [-0.2, 0) is 51.2 Å². The van der Waals surface area contributed by atoms with Gasteiger partial charge in [-0.3, -0.25) is 29.2 Å². The highest BCUT2D eigenvalue weighted by Crippen LogP contribution is 2.73. The average molecular weight is 1740 g/mol. The third-order valence-corrected chi connectivity index (χ3v) is 39.7. The Morgan fingerprint density at radius 3 is 0.967 bits per heavy atom. The number of aliphatic hydroxyl groups excluding tert-OH is 4. The van der Waals surface area contributed by atoms with Crippen LogP contribution in [0.15, 0.2) is 34.8 Å². The molecule has 0 unspecified atom stereocenters. The lowest BCUT2D eigenvalue weighted by molar-refractivity contribution is -0.186. The third kappa shape index (κ3) is 17.1. The van der Waals surface area contributed by atoms with Crippen molar-refractivity contribution >= 4 is 51.5 Å². The Morgan fingerprint density at radius 1 is 0.392 bits per heavy atom. The molecule has 4 N–H and O–H groups in total. The second kappa shape index (κ2) is 38.4. The largest absolute Gasteiger partial charge is 0.393 e. The van der Waals surface area contributed by atoms with E-state index in [1.54, 1.807) is 48.8 Å². The van der Waals surface area contributed by atoms with E-state index in [1.165, 1.54) is 69.0 Å². The molecule has 0 bridgehead atoms. The summed E-state index contributed by atoms with van der Waals surface area (Å²) in [4.78, 5) is 60.5. The lowest BCUT2D eigenvalue weighted by Gasteiger charge is -2.62. The number of methoxy groups -OCH3 is 4. The highest BCUT2D eigenvalue weighted by atomic mass is 79.9. The van der Waals surface area contributed by atoms with E-state index in [0.717, 1.165) is 141 Å². The monoisotopic (exact) mass is 1740 g/mol. The molecule has 120 heavy (non-hydrogen) atoms. The number of alkyl halides is 1. The topological polar surface area (TPSA) is 272 Å². The van der Waals surface area contributed by atoms with E-state index in [1.807, 2.05) is 28.4 Å². The van der Waals surface area contributed by atoms with Gasteiger partial charge in [-0.25, -0.2) is 4.68 Å². The molecular weight excluding hydrogens is 1570 g/mol. The molecule has 1 aliphatic heterocycles. The van der Waals surface area contributed by atoms with Crippen molar-refractivity contribution in [1.82, 2.24) is 30.0 Å². The summed E-state index contributed by atoms with van der Waals surface area (Å²) in [5, 5.41) is 57.7. The summed E-state index contributed by atoms with van der Waals surface area (Å²) >= 11 is 3.42. The smallest absolute Gasteiger partial charge is 0.159 e. The number of aromatic nitrogens is 6. The Kier molecular flexibility index (Phi) is 31.1. The van der Waals surface area contributed by atoms with Crippen LogP contribution in [0.3, 0.4) is 0 Å². The van der Waals surface area contributed by atoms with Crippen LogP contribution in [-0.4, -0.2) is 175 Å². The normalized spacial score (nSPS) is 47.8. The number of rotatable bonds is 13. The first-order valence-electron chi connectivity index (χ1n) is 46.5. The molecule has 2 aromatic rings. The number of aliphatic imine (C=N–C) groups is 2. The van der Waals surface area contributed by atoms with E-state index in [-0.39, 0.29) is 147 Å². The van der Waals surface area contributed by atoms with Crippen LogP contribution in [0.4, 0.5) is 0 Å². The molecule has 3 heterocycles. The van der Waals surface area contributed by atoms with Crippen LogP contribution >= 0.6 is 15.9 Å². The number of nitrogens with zero attached hydrogens (tertiary/aromatic N) is 8. The van der Waals surface area contributed by atoms with Crippen molar-refractivity contribution in [3.8, 4) is 0 Å². The van der Waals surface area contributed by atoms with Gasteiger partial charge in [0.15, 0.2) is 11.6 Å². The summed E-state index contributed by atoms with van der Waals surface area (Å²) in [5.41, 5.74) is 1.35. The number of fused-ring (bicyclic) bond motifs is 20. The van der Waals surface area contributed by atoms with Crippen molar-refractivity contribution in [1.29, 1.82) is 0 Å².